The second kappa shape index (κ2) is 5.93. The highest BCUT2D eigenvalue weighted by Crippen LogP contribution is 2.19. The van der Waals surface area contributed by atoms with Gasteiger partial charge in [0.2, 0.25) is 0 Å². The Bertz CT molecular complexity index is 525. The van der Waals surface area contributed by atoms with Crippen LogP contribution in [0.4, 0.5) is 0 Å². The molecular formula is C13H17N3OS. The van der Waals surface area contributed by atoms with E-state index in [1.165, 1.54) is 0 Å². The van der Waals surface area contributed by atoms with E-state index in [0.717, 1.165) is 34.3 Å². The molecule has 0 atom stereocenters. The zero-order chi connectivity index (χ0) is 13.0. The highest BCUT2D eigenvalue weighted by molar-refractivity contribution is 7.09. The third-order valence-electron chi connectivity index (χ3n) is 2.49. The van der Waals surface area contributed by atoms with Gasteiger partial charge in [-0.2, -0.15) is 0 Å². The summed E-state index contributed by atoms with van der Waals surface area (Å²) in [6.07, 6.45) is 0.729. The largest absolute Gasteiger partial charge is 0.485 e. The van der Waals surface area contributed by atoms with Crippen molar-refractivity contribution in [1.29, 1.82) is 0 Å². The molecule has 0 spiro atoms. The van der Waals surface area contributed by atoms with Crippen molar-refractivity contribution in [3.8, 4) is 5.75 Å². The summed E-state index contributed by atoms with van der Waals surface area (Å²) in [6.45, 7) is 5.00. The molecule has 0 aliphatic heterocycles. The molecule has 4 nitrogen and oxygen atoms in total. The van der Waals surface area contributed by atoms with E-state index >= 15 is 0 Å². The van der Waals surface area contributed by atoms with Crippen molar-refractivity contribution in [3.05, 3.63) is 39.6 Å². The SMILES string of the molecule is Cc1ccc(OCc2csc(C)n2)c(CCN)n1. The van der Waals surface area contributed by atoms with E-state index in [0.29, 0.717) is 13.2 Å². The molecule has 0 aromatic carbocycles. The Morgan fingerprint density at radius 3 is 2.78 bits per heavy atom. The van der Waals surface area contributed by atoms with E-state index in [9.17, 15) is 0 Å². The second-order valence-corrected chi connectivity index (χ2v) is 5.14. The number of rotatable bonds is 5. The molecule has 2 heterocycles. The molecule has 0 bridgehead atoms. The Hall–Kier alpha value is -1.46. The highest BCUT2D eigenvalue weighted by atomic mass is 32.1. The molecule has 2 N–H and O–H groups in total. The van der Waals surface area contributed by atoms with E-state index in [4.69, 9.17) is 10.5 Å². The quantitative estimate of drug-likeness (QED) is 0.898. The first-order chi connectivity index (χ1) is 8.69. The molecule has 2 aromatic heterocycles. The lowest BCUT2D eigenvalue weighted by molar-refractivity contribution is 0.297. The number of hydrogen-bond donors (Lipinski definition) is 1. The third kappa shape index (κ3) is 3.27. The van der Waals surface area contributed by atoms with Gasteiger partial charge in [-0.3, -0.25) is 4.98 Å². The lowest BCUT2D eigenvalue weighted by Gasteiger charge is -2.10. The summed E-state index contributed by atoms with van der Waals surface area (Å²) in [5.41, 5.74) is 8.44. The molecule has 2 rings (SSSR count). The fourth-order valence-electron chi connectivity index (χ4n) is 1.67. The van der Waals surface area contributed by atoms with Crippen LogP contribution in [-0.4, -0.2) is 16.5 Å². The molecule has 0 saturated carbocycles. The average molecular weight is 263 g/mol. The standard InChI is InChI=1S/C13H17N3OS/c1-9-3-4-13(12(15-9)5-6-14)17-7-11-8-18-10(2)16-11/h3-4,8H,5-7,14H2,1-2H3. The predicted octanol–water partition coefficient (Wildman–Crippen LogP) is 2.24. The molecule has 0 amide bonds. The smallest absolute Gasteiger partial charge is 0.141 e. The minimum atomic E-state index is 0.479. The summed E-state index contributed by atoms with van der Waals surface area (Å²) >= 11 is 1.63. The lowest BCUT2D eigenvalue weighted by Crippen LogP contribution is -2.08. The van der Waals surface area contributed by atoms with Crippen LogP contribution in [0.5, 0.6) is 5.75 Å². The number of aryl methyl sites for hydroxylation is 2. The normalized spacial score (nSPS) is 10.6. The topological polar surface area (TPSA) is 61.0 Å². The first-order valence-corrected chi connectivity index (χ1v) is 6.77. The number of hydrogen-bond acceptors (Lipinski definition) is 5. The van der Waals surface area contributed by atoms with E-state index in [2.05, 4.69) is 9.97 Å². The Kier molecular flexibility index (Phi) is 4.28. The molecular weight excluding hydrogens is 246 g/mol. The van der Waals surface area contributed by atoms with Crippen molar-refractivity contribution in [1.82, 2.24) is 9.97 Å². The molecule has 0 radical (unpaired) electrons. The molecule has 2 aromatic rings. The van der Waals surface area contributed by atoms with Crippen LogP contribution in [0.2, 0.25) is 0 Å². The third-order valence-corrected chi connectivity index (χ3v) is 3.32. The molecule has 0 saturated heterocycles. The van der Waals surface area contributed by atoms with Gasteiger partial charge in [-0.15, -0.1) is 11.3 Å². The summed E-state index contributed by atoms with van der Waals surface area (Å²) in [5.74, 6) is 0.803. The van der Waals surface area contributed by atoms with Crippen LogP contribution in [0.15, 0.2) is 17.5 Å². The van der Waals surface area contributed by atoms with E-state index in [-0.39, 0.29) is 0 Å². The summed E-state index contributed by atoms with van der Waals surface area (Å²) in [4.78, 5) is 8.82. The average Bonchev–Trinajstić information content (AvgIpc) is 2.75. The van der Waals surface area contributed by atoms with Crippen LogP contribution >= 0.6 is 11.3 Å². The van der Waals surface area contributed by atoms with Crippen LogP contribution in [0.3, 0.4) is 0 Å². The van der Waals surface area contributed by atoms with Crippen molar-refractivity contribution in [2.75, 3.05) is 6.54 Å². The Morgan fingerprint density at radius 1 is 1.28 bits per heavy atom. The van der Waals surface area contributed by atoms with Crippen molar-refractivity contribution in [2.24, 2.45) is 5.73 Å². The highest BCUT2D eigenvalue weighted by Gasteiger charge is 2.06. The first kappa shape index (κ1) is 13.0. The van der Waals surface area contributed by atoms with Gasteiger partial charge < -0.3 is 10.5 Å². The summed E-state index contributed by atoms with van der Waals surface area (Å²) < 4.78 is 5.77. The molecule has 0 aliphatic carbocycles. The minimum absolute atomic E-state index is 0.479. The van der Waals surface area contributed by atoms with Gasteiger partial charge in [0.1, 0.15) is 12.4 Å². The molecule has 96 valence electrons. The van der Waals surface area contributed by atoms with Crippen LogP contribution in [0.1, 0.15) is 22.1 Å². The maximum atomic E-state index is 5.77. The van der Waals surface area contributed by atoms with E-state index < -0.39 is 0 Å². The van der Waals surface area contributed by atoms with Crippen molar-refractivity contribution in [2.45, 2.75) is 26.9 Å². The fourth-order valence-corrected chi connectivity index (χ4v) is 2.27. The van der Waals surface area contributed by atoms with Gasteiger partial charge in [-0.25, -0.2) is 4.98 Å². The van der Waals surface area contributed by atoms with Crippen molar-refractivity contribution in [3.63, 3.8) is 0 Å². The summed E-state index contributed by atoms with van der Waals surface area (Å²) in [6, 6.07) is 3.90. The van der Waals surface area contributed by atoms with E-state index in [1.54, 1.807) is 11.3 Å². The van der Waals surface area contributed by atoms with Gasteiger partial charge in [0.15, 0.2) is 0 Å². The van der Waals surface area contributed by atoms with Crippen molar-refractivity contribution < 1.29 is 4.74 Å². The van der Waals surface area contributed by atoms with E-state index in [1.807, 2.05) is 31.4 Å². The van der Waals surface area contributed by atoms with Gasteiger partial charge in [-0.1, -0.05) is 0 Å². The minimum Gasteiger partial charge on any atom is -0.485 e. The Labute approximate surface area is 111 Å². The number of thiazole rings is 1. The predicted molar refractivity (Wildman–Crippen MR) is 72.9 cm³/mol. The van der Waals surface area contributed by atoms with Crippen molar-refractivity contribution >= 4 is 11.3 Å². The molecule has 18 heavy (non-hydrogen) atoms. The first-order valence-electron chi connectivity index (χ1n) is 5.89. The zero-order valence-corrected chi connectivity index (χ0v) is 11.5. The van der Waals surface area contributed by atoms with Gasteiger partial charge in [0.25, 0.3) is 0 Å². The molecule has 0 unspecified atom stereocenters. The van der Waals surface area contributed by atoms with Gasteiger partial charge in [0.05, 0.1) is 16.4 Å². The number of nitrogens with zero attached hydrogens (tertiary/aromatic N) is 2. The lowest BCUT2D eigenvalue weighted by atomic mass is 10.2. The fraction of sp³-hybridized carbons (Fsp3) is 0.385. The van der Waals surface area contributed by atoms with Gasteiger partial charge in [0, 0.05) is 17.5 Å². The second-order valence-electron chi connectivity index (χ2n) is 4.08. The van der Waals surface area contributed by atoms with Crippen LogP contribution < -0.4 is 10.5 Å². The summed E-state index contributed by atoms with van der Waals surface area (Å²) in [5, 5.41) is 3.07. The van der Waals surface area contributed by atoms with Crippen LogP contribution in [0, 0.1) is 13.8 Å². The van der Waals surface area contributed by atoms with Crippen LogP contribution in [0.25, 0.3) is 0 Å². The Morgan fingerprint density at radius 2 is 2.11 bits per heavy atom. The zero-order valence-electron chi connectivity index (χ0n) is 10.6. The number of nitrogens with two attached hydrogens (primary N) is 1. The van der Waals surface area contributed by atoms with Gasteiger partial charge >= 0.3 is 0 Å². The maximum Gasteiger partial charge on any atom is 0.141 e. The molecule has 0 fully saturated rings. The molecule has 5 heteroatoms. The van der Waals surface area contributed by atoms with Crippen LogP contribution in [-0.2, 0) is 13.0 Å². The van der Waals surface area contributed by atoms with Gasteiger partial charge in [-0.05, 0) is 32.5 Å². The maximum absolute atomic E-state index is 5.77. The number of aromatic nitrogens is 2. The Balaban J connectivity index is 2.08. The summed E-state index contributed by atoms with van der Waals surface area (Å²) in [7, 11) is 0. The molecule has 0 aliphatic rings. The monoisotopic (exact) mass is 263 g/mol. The number of ether oxygens (including phenoxy) is 1. The number of pyridine rings is 1.